The van der Waals surface area contributed by atoms with Gasteiger partial charge < -0.3 is 14.6 Å². The van der Waals surface area contributed by atoms with E-state index in [2.05, 4.69) is 10.7 Å². The normalized spacial score (nSPS) is 24.8. The SMILES string of the molecule is CC1(C)C(C#CC(=O)OCC(F)F)C1C(=O)[O-]. The maximum absolute atomic E-state index is 11.7. The van der Waals surface area contributed by atoms with Gasteiger partial charge in [-0.1, -0.05) is 19.8 Å². The van der Waals surface area contributed by atoms with Crippen LogP contribution in [0.4, 0.5) is 8.78 Å². The zero-order valence-corrected chi connectivity index (χ0v) is 9.33. The average Bonchev–Trinajstić information content (AvgIpc) is 2.74. The Labute approximate surface area is 96.9 Å². The van der Waals surface area contributed by atoms with Crippen LogP contribution in [0.1, 0.15) is 13.8 Å². The van der Waals surface area contributed by atoms with Crippen molar-refractivity contribution < 1.29 is 28.2 Å². The molecule has 0 heterocycles. The van der Waals surface area contributed by atoms with Crippen molar-refractivity contribution in [3.8, 4) is 11.8 Å². The van der Waals surface area contributed by atoms with Gasteiger partial charge in [0.1, 0.15) is 0 Å². The Morgan fingerprint density at radius 3 is 2.47 bits per heavy atom. The summed E-state index contributed by atoms with van der Waals surface area (Å²) >= 11 is 0. The number of carboxylic acids is 1. The fourth-order valence-corrected chi connectivity index (χ4v) is 1.66. The van der Waals surface area contributed by atoms with Crippen LogP contribution in [0.25, 0.3) is 0 Å². The molecule has 0 aromatic heterocycles. The molecule has 17 heavy (non-hydrogen) atoms. The molecule has 1 rings (SSSR count). The van der Waals surface area contributed by atoms with Crippen molar-refractivity contribution in [2.24, 2.45) is 17.3 Å². The van der Waals surface area contributed by atoms with Gasteiger partial charge in [0.2, 0.25) is 0 Å². The molecule has 0 saturated heterocycles. The highest BCUT2D eigenvalue weighted by molar-refractivity contribution is 5.89. The number of carboxylic acid groups (broad SMARTS) is 1. The van der Waals surface area contributed by atoms with Crippen LogP contribution >= 0.6 is 0 Å². The summed E-state index contributed by atoms with van der Waals surface area (Å²) in [6, 6.07) is 0. The van der Waals surface area contributed by atoms with Gasteiger partial charge in [-0.15, -0.1) is 0 Å². The van der Waals surface area contributed by atoms with Gasteiger partial charge in [0, 0.05) is 23.7 Å². The standard InChI is InChI=1S/C11H12F2O4/c1-11(2)6(9(11)10(15)16)3-4-8(14)17-5-7(12)13/h6-7,9H,5H2,1-2H3,(H,15,16)/p-1. The van der Waals surface area contributed by atoms with E-state index < -0.39 is 42.2 Å². The summed E-state index contributed by atoms with van der Waals surface area (Å²) in [7, 11) is 0. The summed E-state index contributed by atoms with van der Waals surface area (Å²) in [6.45, 7) is 2.35. The number of alkyl halides is 2. The lowest BCUT2D eigenvalue weighted by atomic mass is 10.1. The van der Waals surface area contributed by atoms with Gasteiger partial charge >= 0.3 is 5.97 Å². The Morgan fingerprint density at radius 2 is 2.06 bits per heavy atom. The van der Waals surface area contributed by atoms with Gasteiger partial charge in [0.05, 0.1) is 0 Å². The number of carbonyl (C=O) groups is 2. The second-order valence-corrected chi connectivity index (χ2v) is 4.35. The molecule has 1 aliphatic rings. The molecular weight excluding hydrogens is 234 g/mol. The summed E-state index contributed by atoms with van der Waals surface area (Å²) in [5.41, 5.74) is -0.561. The molecule has 0 aliphatic heterocycles. The predicted molar refractivity (Wildman–Crippen MR) is 50.5 cm³/mol. The predicted octanol–water partition coefficient (Wildman–Crippen LogP) is -0.180. The number of ether oxygens (including phenoxy) is 1. The summed E-state index contributed by atoms with van der Waals surface area (Å²) in [5.74, 6) is 0.865. The lowest BCUT2D eigenvalue weighted by Crippen LogP contribution is -2.26. The molecule has 0 radical (unpaired) electrons. The average molecular weight is 245 g/mol. The zero-order valence-electron chi connectivity index (χ0n) is 9.33. The topological polar surface area (TPSA) is 66.4 Å². The maximum Gasteiger partial charge on any atom is 0.384 e. The molecule has 94 valence electrons. The first-order valence-electron chi connectivity index (χ1n) is 4.94. The minimum atomic E-state index is -2.74. The molecule has 0 aromatic rings. The quantitative estimate of drug-likeness (QED) is 0.393. The molecule has 6 heteroatoms. The van der Waals surface area contributed by atoms with E-state index >= 15 is 0 Å². The van der Waals surface area contributed by atoms with Crippen molar-refractivity contribution in [2.75, 3.05) is 6.61 Å². The van der Waals surface area contributed by atoms with Gasteiger partial charge in [0.15, 0.2) is 6.61 Å². The van der Waals surface area contributed by atoms with Gasteiger partial charge in [-0.25, -0.2) is 13.6 Å². The molecular formula is C11H11F2O4-. The molecule has 0 spiro atoms. The van der Waals surface area contributed by atoms with Crippen LogP contribution in [-0.2, 0) is 14.3 Å². The first-order chi connectivity index (χ1) is 7.76. The van der Waals surface area contributed by atoms with E-state index in [0.717, 1.165) is 0 Å². The van der Waals surface area contributed by atoms with Crippen LogP contribution in [0.15, 0.2) is 0 Å². The Hall–Kier alpha value is -1.64. The van der Waals surface area contributed by atoms with Crippen molar-refractivity contribution >= 4 is 11.9 Å². The van der Waals surface area contributed by atoms with Crippen LogP contribution in [-0.4, -0.2) is 25.0 Å². The van der Waals surface area contributed by atoms with Crippen LogP contribution in [0.2, 0.25) is 0 Å². The highest BCUT2D eigenvalue weighted by atomic mass is 19.3. The summed E-state index contributed by atoms with van der Waals surface area (Å²) in [4.78, 5) is 21.5. The number of rotatable bonds is 3. The summed E-state index contributed by atoms with van der Waals surface area (Å²) < 4.78 is 27.5. The van der Waals surface area contributed by atoms with Crippen molar-refractivity contribution in [1.82, 2.24) is 0 Å². The first kappa shape index (κ1) is 13.4. The molecule has 1 saturated carbocycles. The van der Waals surface area contributed by atoms with Crippen molar-refractivity contribution in [2.45, 2.75) is 20.3 Å². The molecule has 1 aliphatic carbocycles. The van der Waals surface area contributed by atoms with E-state index in [4.69, 9.17) is 0 Å². The summed E-state index contributed by atoms with van der Waals surface area (Å²) in [5, 5.41) is 10.7. The molecule has 0 amide bonds. The number of carbonyl (C=O) groups excluding carboxylic acids is 2. The van der Waals surface area contributed by atoms with Crippen molar-refractivity contribution in [3.05, 3.63) is 0 Å². The van der Waals surface area contributed by atoms with Crippen LogP contribution in [0.3, 0.4) is 0 Å². The third-order valence-corrected chi connectivity index (χ3v) is 2.75. The van der Waals surface area contributed by atoms with Crippen molar-refractivity contribution in [1.29, 1.82) is 0 Å². The molecule has 2 unspecified atom stereocenters. The second-order valence-electron chi connectivity index (χ2n) is 4.35. The molecule has 0 N–H and O–H groups in total. The molecule has 1 fully saturated rings. The smallest absolute Gasteiger partial charge is 0.384 e. The fourth-order valence-electron chi connectivity index (χ4n) is 1.66. The lowest BCUT2D eigenvalue weighted by Gasteiger charge is -2.00. The van der Waals surface area contributed by atoms with E-state index in [1.54, 1.807) is 13.8 Å². The largest absolute Gasteiger partial charge is 0.550 e. The van der Waals surface area contributed by atoms with E-state index in [9.17, 15) is 23.5 Å². The molecule has 0 bridgehead atoms. The lowest BCUT2D eigenvalue weighted by molar-refractivity contribution is -0.308. The fraction of sp³-hybridized carbons (Fsp3) is 0.636. The Bertz CT molecular complexity index is 392. The van der Waals surface area contributed by atoms with Gasteiger partial charge in [-0.3, -0.25) is 0 Å². The van der Waals surface area contributed by atoms with Crippen LogP contribution < -0.4 is 5.11 Å². The minimum Gasteiger partial charge on any atom is -0.550 e. The van der Waals surface area contributed by atoms with E-state index in [-0.39, 0.29) is 0 Å². The Morgan fingerprint density at radius 1 is 1.47 bits per heavy atom. The third kappa shape index (κ3) is 3.16. The third-order valence-electron chi connectivity index (χ3n) is 2.75. The van der Waals surface area contributed by atoms with Crippen LogP contribution in [0.5, 0.6) is 0 Å². The number of esters is 1. The van der Waals surface area contributed by atoms with Crippen molar-refractivity contribution in [3.63, 3.8) is 0 Å². The first-order valence-corrected chi connectivity index (χ1v) is 4.94. The number of hydrogen-bond donors (Lipinski definition) is 0. The second kappa shape index (κ2) is 4.70. The van der Waals surface area contributed by atoms with Crippen LogP contribution in [0, 0.1) is 29.1 Å². The molecule has 4 nitrogen and oxygen atoms in total. The molecule has 2 atom stereocenters. The van der Waals surface area contributed by atoms with Gasteiger partial charge in [-0.2, -0.15) is 0 Å². The highest BCUT2D eigenvalue weighted by Crippen LogP contribution is 2.57. The number of aliphatic carboxylic acids is 1. The minimum absolute atomic E-state index is 0.508. The Balaban J connectivity index is 2.51. The highest BCUT2D eigenvalue weighted by Gasteiger charge is 2.57. The Kier molecular flexibility index (Phi) is 3.71. The molecule has 0 aromatic carbocycles. The van der Waals surface area contributed by atoms with Gasteiger partial charge in [0.25, 0.3) is 6.43 Å². The summed E-state index contributed by atoms with van der Waals surface area (Å²) in [6.07, 6.45) is -2.74. The number of hydrogen-bond acceptors (Lipinski definition) is 4. The number of halogens is 2. The van der Waals surface area contributed by atoms with E-state index in [1.807, 2.05) is 5.92 Å². The zero-order chi connectivity index (χ0) is 13.2. The van der Waals surface area contributed by atoms with E-state index in [1.165, 1.54) is 0 Å². The maximum atomic E-state index is 11.7. The van der Waals surface area contributed by atoms with E-state index in [0.29, 0.717) is 0 Å². The van der Waals surface area contributed by atoms with Gasteiger partial charge in [-0.05, 0) is 5.41 Å². The monoisotopic (exact) mass is 245 g/mol.